The molecule has 1 unspecified atom stereocenters. The number of amides is 1. The normalized spacial score (nSPS) is 17.7. The van der Waals surface area contributed by atoms with Crippen LogP contribution in [0.5, 0.6) is 5.75 Å². The molecule has 128 valence electrons. The molecule has 1 N–H and O–H groups in total. The molecule has 1 aromatic heterocycles. The molecule has 0 saturated heterocycles. The number of ether oxygens (including phenoxy) is 1. The average molecular weight is 349 g/mol. The highest BCUT2D eigenvalue weighted by molar-refractivity contribution is 7.89. The van der Waals surface area contributed by atoms with Gasteiger partial charge in [-0.25, -0.2) is 13.1 Å². The second-order valence-electron chi connectivity index (χ2n) is 5.64. The molecule has 0 spiro atoms. The maximum atomic E-state index is 12.4. The van der Waals surface area contributed by atoms with Crippen LogP contribution in [0.25, 0.3) is 0 Å². The van der Waals surface area contributed by atoms with Crippen LogP contribution in [0.2, 0.25) is 0 Å². The number of methoxy groups -OCH3 is 1. The minimum absolute atomic E-state index is 0.111. The molecule has 1 amide bonds. The Labute approximate surface area is 140 Å². The standard InChI is InChI=1S/C16H19N3O4S/c1-18-12(11-19-9-3-4-15(19)16(18)20)10-17-24(21,22)14-7-5-13(23-2)6-8-14/h3-9,12,17H,10-11H2,1-2H3. The first-order valence-corrected chi connectivity index (χ1v) is 8.97. The van der Waals surface area contributed by atoms with Gasteiger partial charge in [-0.1, -0.05) is 0 Å². The van der Waals surface area contributed by atoms with Gasteiger partial charge in [-0.2, -0.15) is 0 Å². The molecule has 1 aliphatic rings. The fraction of sp³-hybridized carbons (Fsp3) is 0.312. The maximum absolute atomic E-state index is 12.4. The second-order valence-corrected chi connectivity index (χ2v) is 7.41. The fourth-order valence-corrected chi connectivity index (χ4v) is 3.78. The predicted octanol–water partition coefficient (Wildman–Crippen LogP) is 0.929. The zero-order chi connectivity index (χ0) is 17.3. The summed E-state index contributed by atoms with van der Waals surface area (Å²) in [5, 5.41) is 0. The summed E-state index contributed by atoms with van der Waals surface area (Å²) >= 11 is 0. The van der Waals surface area contributed by atoms with Crippen molar-refractivity contribution in [3.8, 4) is 5.75 Å². The third-order valence-corrected chi connectivity index (χ3v) is 5.64. The number of hydrogen-bond acceptors (Lipinski definition) is 4. The summed E-state index contributed by atoms with van der Waals surface area (Å²) in [6, 6.07) is 9.49. The SMILES string of the molecule is COc1ccc(S(=O)(=O)NCC2Cn3cccc3C(=O)N2C)cc1. The lowest BCUT2D eigenvalue weighted by molar-refractivity contribution is 0.0661. The Morgan fingerprint density at radius 1 is 1.25 bits per heavy atom. The highest BCUT2D eigenvalue weighted by Gasteiger charge is 2.30. The molecule has 2 aromatic rings. The van der Waals surface area contributed by atoms with Gasteiger partial charge < -0.3 is 14.2 Å². The van der Waals surface area contributed by atoms with Crippen molar-refractivity contribution in [2.75, 3.05) is 20.7 Å². The minimum Gasteiger partial charge on any atom is -0.497 e. The van der Waals surface area contributed by atoms with Crippen molar-refractivity contribution in [2.24, 2.45) is 0 Å². The third-order valence-electron chi connectivity index (χ3n) is 4.20. The summed E-state index contributed by atoms with van der Waals surface area (Å²) in [4.78, 5) is 14.0. The Bertz CT molecular complexity index is 842. The minimum atomic E-state index is -3.64. The molecular formula is C16H19N3O4S. The van der Waals surface area contributed by atoms with Gasteiger partial charge in [0.25, 0.3) is 5.91 Å². The van der Waals surface area contributed by atoms with E-state index >= 15 is 0 Å². The highest BCUT2D eigenvalue weighted by atomic mass is 32.2. The Morgan fingerprint density at radius 2 is 1.96 bits per heavy atom. The van der Waals surface area contributed by atoms with Gasteiger partial charge in [0.1, 0.15) is 11.4 Å². The van der Waals surface area contributed by atoms with E-state index in [4.69, 9.17) is 4.74 Å². The predicted molar refractivity (Wildman–Crippen MR) is 88.5 cm³/mol. The molecule has 1 aromatic carbocycles. The van der Waals surface area contributed by atoms with E-state index in [1.165, 1.54) is 19.2 Å². The van der Waals surface area contributed by atoms with Crippen LogP contribution >= 0.6 is 0 Å². The smallest absolute Gasteiger partial charge is 0.270 e. The Kier molecular flexibility index (Phi) is 4.33. The van der Waals surface area contributed by atoms with Crippen molar-refractivity contribution in [1.82, 2.24) is 14.2 Å². The summed E-state index contributed by atoms with van der Waals surface area (Å²) in [6.45, 7) is 0.698. The van der Waals surface area contributed by atoms with Crippen molar-refractivity contribution in [3.05, 3.63) is 48.3 Å². The van der Waals surface area contributed by atoms with Crippen molar-refractivity contribution >= 4 is 15.9 Å². The first-order valence-electron chi connectivity index (χ1n) is 7.48. The molecule has 1 aliphatic heterocycles. The van der Waals surface area contributed by atoms with E-state index in [9.17, 15) is 13.2 Å². The molecule has 1 atom stereocenters. The molecule has 0 fully saturated rings. The molecule has 24 heavy (non-hydrogen) atoms. The van der Waals surface area contributed by atoms with Gasteiger partial charge in [0.15, 0.2) is 0 Å². The van der Waals surface area contributed by atoms with Crippen LogP contribution in [0.4, 0.5) is 0 Å². The lowest BCUT2D eigenvalue weighted by Crippen LogP contribution is -2.50. The molecule has 3 rings (SSSR count). The van der Waals surface area contributed by atoms with E-state index in [-0.39, 0.29) is 23.4 Å². The number of nitrogens with one attached hydrogen (secondary N) is 1. The quantitative estimate of drug-likeness (QED) is 0.871. The Hall–Kier alpha value is -2.32. The molecule has 7 nitrogen and oxygen atoms in total. The van der Waals surface area contributed by atoms with Crippen molar-refractivity contribution < 1.29 is 17.9 Å². The molecular weight excluding hydrogens is 330 g/mol. The van der Waals surface area contributed by atoms with E-state index < -0.39 is 10.0 Å². The number of aromatic nitrogens is 1. The lowest BCUT2D eigenvalue weighted by atomic mass is 10.2. The van der Waals surface area contributed by atoms with Gasteiger partial charge in [-0.3, -0.25) is 4.79 Å². The van der Waals surface area contributed by atoms with Gasteiger partial charge in [0.2, 0.25) is 10.0 Å². The monoisotopic (exact) mass is 349 g/mol. The van der Waals surface area contributed by atoms with E-state index in [1.807, 2.05) is 16.8 Å². The van der Waals surface area contributed by atoms with Gasteiger partial charge in [0.05, 0.1) is 18.0 Å². The summed E-state index contributed by atoms with van der Waals surface area (Å²) in [5.74, 6) is 0.478. The first-order chi connectivity index (χ1) is 11.4. The number of carbonyl (C=O) groups excluding carboxylic acids is 1. The molecule has 0 aliphatic carbocycles. The summed E-state index contributed by atoms with van der Waals surface area (Å²) in [5.41, 5.74) is 0.617. The second kappa shape index (κ2) is 6.29. The van der Waals surface area contributed by atoms with Gasteiger partial charge in [-0.05, 0) is 36.4 Å². The van der Waals surface area contributed by atoms with Crippen LogP contribution in [0, 0.1) is 0 Å². The van der Waals surface area contributed by atoms with E-state index in [2.05, 4.69) is 4.72 Å². The maximum Gasteiger partial charge on any atom is 0.270 e. The van der Waals surface area contributed by atoms with Crippen molar-refractivity contribution in [2.45, 2.75) is 17.5 Å². The number of fused-ring (bicyclic) bond motifs is 1. The van der Waals surface area contributed by atoms with Gasteiger partial charge in [0, 0.05) is 26.3 Å². The van der Waals surface area contributed by atoms with Gasteiger partial charge in [-0.15, -0.1) is 0 Å². The van der Waals surface area contributed by atoms with Crippen LogP contribution in [-0.4, -0.2) is 50.5 Å². The Morgan fingerprint density at radius 3 is 2.62 bits per heavy atom. The van der Waals surface area contributed by atoms with Crippen LogP contribution in [0.15, 0.2) is 47.5 Å². The number of hydrogen-bond donors (Lipinski definition) is 1. The van der Waals surface area contributed by atoms with E-state index in [1.54, 1.807) is 30.1 Å². The van der Waals surface area contributed by atoms with Gasteiger partial charge >= 0.3 is 0 Å². The molecule has 8 heteroatoms. The largest absolute Gasteiger partial charge is 0.497 e. The fourth-order valence-electron chi connectivity index (χ4n) is 2.71. The molecule has 0 saturated carbocycles. The molecule has 0 bridgehead atoms. The number of benzene rings is 1. The summed E-state index contributed by atoms with van der Waals surface area (Å²) < 4.78 is 34.2. The van der Waals surface area contributed by atoms with Crippen molar-refractivity contribution in [3.63, 3.8) is 0 Å². The number of sulfonamides is 1. The van der Waals surface area contributed by atoms with Crippen LogP contribution in [0.3, 0.4) is 0 Å². The van der Waals surface area contributed by atoms with E-state index in [0.717, 1.165) is 0 Å². The number of carbonyl (C=O) groups is 1. The first kappa shape index (κ1) is 16.5. The average Bonchev–Trinajstić information content (AvgIpc) is 3.05. The zero-order valence-electron chi connectivity index (χ0n) is 13.5. The van der Waals surface area contributed by atoms with Crippen LogP contribution in [-0.2, 0) is 16.6 Å². The third kappa shape index (κ3) is 3.02. The van der Waals surface area contributed by atoms with Crippen LogP contribution < -0.4 is 9.46 Å². The number of likely N-dealkylation sites (N-methyl/N-ethyl adjacent to an activating group) is 1. The number of nitrogens with zero attached hydrogens (tertiary/aromatic N) is 2. The highest BCUT2D eigenvalue weighted by Crippen LogP contribution is 2.18. The number of rotatable bonds is 5. The lowest BCUT2D eigenvalue weighted by Gasteiger charge is -2.33. The Balaban J connectivity index is 1.71. The van der Waals surface area contributed by atoms with E-state index in [0.29, 0.717) is 18.0 Å². The summed E-state index contributed by atoms with van der Waals surface area (Å²) in [7, 11) is -0.436. The topological polar surface area (TPSA) is 80.6 Å². The zero-order valence-corrected chi connectivity index (χ0v) is 14.3. The molecule has 0 radical (unpaired) electrons. The summed E-state index contributed by atoms with van der Waals surface area (Å²) in [6.07, 6.45) is 1.82. The van der Waals surface area contributed by atoms with Crippen molar-refractivity contribution in [1.29, 1.82) is 0 Å². The van der Waals surface area contributed by atoms with Crippen LogP contribution in [0.1, 0.15) is 10.5 Å². The molecule has 2 heterocycles.